The van der Waals surface area contributed by atoms with Gasteiger partial charge in [-0.1, -0.05) is 29.8 Å². The molecule has 0 fully saturated rings. The van der Waals surface area contributed by atoms with Crippen LogP contribution in [0.3, 0.4) is 0 Å². The minimum absolute atomic E-state index is 0.159. The number of allylic oxidation sites excluding steroid dienone is 3. The van der Waals surface area contributed by atoms with E-state index in [0.29, 0.717) is 13.2 Å². The van der Waals surface area contributed by atoms with E-state index in [9.17, 15) is 0 Å². The summed E-state index contributed by atoms with van der Waals surface area (Å²) in [4.78, 5) is 9.29. The third kappa shape index (κ3) is 5.74. The quantitative estimate of drug-likeness (QED) is 0.271. The zero-order chi connectivity index (χ0) is 28.1. The summed E-state index contributed by atoms with van der Waals surface area (Å²) in [6.45, 7) is 6.33. The predicted molar refractivity (Wildman–Crippen MR) is 163 cm³/mol. The number of fused-ring (bicyclic) bond motifs is 3. The fourth-order valence-electron chi connectivity index (χ4n) is 5.42. The van der Waals surface area contributed by atoms with Gasteiger partial charge >= 0.3 is 0 Å². The van der Waals surface area contributed by atoms with Crippen LogP contribution in [-0.2, 0) is 24.8 Å². The third-order valence-electron chi connectivity index (χ3n) is 7.54. The Morgan fingerprint density at radius 3 is 2.67 bits per heavy atom. The van der Waals surface area contributed by atoms with Gasteiger partial charge in [-0.05, 0) is 49.8 Å². The van der Waals surface area contributed by atoms with E-state index in [4.69, 9.17) is 20.2 Å². The van der Waals surface area contributed by atoms with Crippen molar-refractivity contribution in [2.45, 2.75) is 52.0 Å². The molecule has 9 nitrogen and oxygen atoms in total. The predicted octanol–water partition coefficient (Wildman–Crippen LogP) is 5.66. The Labute approximate surface area is 235 Å². The van der Waals surface area contributed by atoms with E-state index in [1.54, 1.807) is 7.11 Å². The normalized spacial score (nSPS) is 17.4. The Morgan fingerprint density at radius 2 is 1.95 bits per heavy atom. The van der Waals surface area contributed by atoms with Crippen molar-refractivity contribution in [2.24, 2.45) is 17.0 Å². The van der Waals surface area contributed by atoms with Gasteiger partial charge in [0, 0.05) is 69.1 Å². The number of nitrogens with one attached hydrogen (secondary N) is 2. The van der Waals surface area contributed by atoms with Crippen LogP contribution in [0.1, 0.15) is 55.8 Å². The topological polar surface area (TPSA) is 105 Å². The largest absolute Gasteiger partial charge is 0.383 e. The van der Waals surface area contributed by atoms with Crippen molar-refractivity contribution >= 4 is 29.7 Å². The van der Waals surface area contributed by atoms with Gasteiger partial charge in [0.1, 0.15) is 5.84 Å². The highest BCUT2D eigenvalue weighted by atomic mass is 16.5. The van der Waals surface area contributed by atoms with Crippen molar-refractivity contribution in [3.05, 3.63) is 70.7 Å². The highest BCUT2D eigenvalue weighted by molar-refractivity contribution is 5.97. The van der Waals surface area contributed by atoms with Crippen LogP contribution >= 0.6 is 0 Å². The molecule has 2 aromatic heterocycles. The SMILES string of the molecule is CCn1ccc(NC2=N/C=C3/CCc4nn(C)c(-c5ccc(C(C=N)C=NCCOC)cc5)c4C3=C(C)CC2)n1. The molecule has 3 heterocycles. The Balaban J connectivity index is 1.44. The first-order chi connectivity index (χ1) is 19.5. The average molecular weight is 539 g/mol. The molecular weight excluding hydrogens is 500 g/mol. The van der Waals surface area contributed by atoms with Crippen LogP contribution in [-0.4, -0.2) is 58.1 Å². The molecule has 208 valence electrons. The summed E-state index contributed by atoms with van der Waals surface area (Å²) in [6, 6.07) is 10.4. The van der Waals surface area contributed by atoms with Gasteiger partial charge in [-0.3, -0.25) is 14.4 Å². The molecule has 3 aromatic rings. The van der Waals surface area contributed by atoms with E-state index in [1.165, 1.54) is 28.5 Å². The monoisotopic (exact) mass is 538 g/mol. The summed E-state index contributed by atoms with van der Waals surface area (Å²) in [5.41, 5.74) is 9.53. The van der Waals surface area contributed by atoms with E-state index in [1.807, 2.05) is 41.1 Å². The van der Waals surface area contributed by atoms with Gasteiger partial charge < -0.3 is 15.5 Å². The summed E-state index contributed by atoms with van der Waals surface area (Å²) >= 11 is 0. The fraction of sp³-hybridized carbons (Fsp3) is 0.387. The molecule has 0 saturated carbocycles. The van der Waals surface area contributed by atoms with Crippen LogP contribution in [0.4, 0.5) is 5.82 Å². The molecule has 1 unspecified atom stereocenters. The van der Waals surface area contributed by atoms with Crippen molar-refractivity contribution in [3.8, 4) is 11.3 Å². The van der Waals surface area contributed by atoms with Gasteiger partial charge in [0.05, 0.1) is 30.5 Å². The molecule has 0 amide bonds. The number of nitrogens with zero attached hydrogens (tertiary/aromatic N) is 6. The molecule has 9 heteroatoms. The van der Waals surface area contributed by atoms with Crippen LogP contribution in [0.15, 0.2) is 63.9 Å². The summed E-state index contributed by atoms with van der Waals surface area (Å²) < 4.78 is 9.00. The molecule has 2 aliphatic rings. The first-order valence-corrected chi connectivity index (χ1v) is 13.9. The van der Waals surface area contributed by atoms with E-state index >= 15 is 0 Å². The minimum atomic E-state index is -0.159. The van der Waals surface area contributed by atoms with Crippen molar-refractivity contribution in [1.82, 2.24) is 19.6 Å². The first-order valence-electron chi connectivity index (χ1n) is 13.9. The van der Waals surface area contributed by atoms with E-state index in [-0.39, 0.29) is 5.92 Å². The van der Waals surface area contributed by atoms with Crippen LogP contribution in [0, 0.1) is 5.41 Å². The highest BCUT2D eigenvalue weighted by Crippen LogP contribution is 2.43. The molecule has 40 heavy (non-hydrogen) atoms. The Kier molecular flexibility index (Phi) is 8.50. The number of anilines is 1. The van der Waals surface area contributed by atoms with Crippen LogP contribution in [0.25, 0.3) is 16.8 Å². The maximum atomic E-state index is 7.88. The van der Waals surface area contributed by atoms with Crippen LogP contribution in [0.2, 0.25) is 0 Å². The maximum absolute atomic E-state index is 7.88. The molecule has 2 N–H and O–H groups in total. The van der Waals surface area contributed by atoms with Gasteiger partial charge in [-0.2, -0.15) is 10.2 Å². The number of benzene rings is 1. The standard InChI is InChI=1S/C31H38N8O/c1-5-39-16-14-28(37-39)35-27-13-6-21(2)29-24(20-34-27)11-12-26-30(29)31(38(3)36-26)23-9-7-22(8-10-23)25(18-32)19-33-15-17-40-4/h7-10,14,16,18-20,25,32H,5-6,11-13,15,17H2,1-4H3,(H,34,35,37)/b24-20-,29-21?,32-18?,33-19?. The second kappa shape index (κ2) is 12.4. The number of methoxy groups -OCH3 is 1. The highest BCUT2D eigenvalue weighted by Gasteiger charge is 2.29. The number of hydrogen-bond acceptors (Lipinski definition) is 7. The van der Waals surface area contributed by atoms with Gasteiger partial charge in [0.25, 0.3) is 0 Å². The van der Waals surface area contributed by atoms with Crippen molar-refractivity contribution in [3.63, 3.8) is 0 Å². The number of ether oxygens (including phenoxy) is 1. The number of aromatic nitrogens is 4. The molecular formula is C31H38N8O. The lowest BCUT2D eigenvalue weighted by Crippen LogP contribution is -2.15. The smallest absolute Gasteiger partial charge is 0.153 e. The van der Waals surface area contributed by atoms with Gasteiger partial charge in [-0.25, -0.2) is 4.99 Å². The van der Waals surface area contributed by atoms with Gasteiger partial charge in [0.15, 0.2) is 5.82 Å². The Morgan fingerprint density at radius 1 is 1.12 bits per heavy atom. The van der Waals surface area contributed by atoms with Gasteiger partial charge in [-0.15, -0.1) is 0 Å². The van der Waals surface area contributed by atoms with Crippen molar-refractivity contribution in [1.29, 1.82) is 5.41 Å². The van der Waals surface area contributed by atoms with E-state index in [2.05, 4.69) is 53.5 Å². The second-order valence-corrected chi connectivity index (χ2v) is 10.2. The summed E-state index contributed by atoms with van der Waals surface area (Å²) in [6.07, 6.45) is 10.8. The lowest BCUT2D eigenvalue weighted by atomic mass is 9.81. The molecule has 1 aliphatic carbocycles. The van der Waals surface area contributed by atoms with Crippen molar-refractivity contribution in [2.75, 3.05) is 25.6 Å². The molecule has 0 radical (unpaired) electrons. The van der Waals surface area contributed by atoms with E-state index in [0.717, 1.165) is 66.4 Å². The molecule has 1 aromatic carbocycles. The first kappa shape index (κ1) is 27.5. The summed E-state index contributed by atoms with van der Waals surface area (Å²) in [5, 5.41) is 20.8. The maximum Gasteiger partial charge on any atom is 0.153 e. The number of amidine groups is 1. The molecule has 5 rings (SSSR count). The molecule has 0 saturated heterocycles. The minimum Gasteiger partial charge on any atom is -0.383 e. The molecule has 0 bridgehead atoms. The molecule has 1 atom stereocenters. The second-order valence-electron chi connectivity index (χ2n) is 10.2. The number of aliphatic imine (C=N–C) groups is 2. The van der Waals surface area contributed by atoms with Gasteiger partial charge in [0.2, 0.25) is 0 Å². The lowest BCUT2D eigenvalue weighted by Gasteiger charge is -2.24. The van der Waals surface area contributed by atoms with Crippen LogP contribution in [0.5, 0.6) is 0 Å². The zero-order valence-electron chi connectivity index (χ0n) is 23.8. The number of aryl methyl sites for hydroxylation is 3. The zero-order valence-corrected chi connectivity index (χ0v) is 23.8. The lowest BCUT2D eigenvalue weighted by molar-refractivity contribution is 0.208. The Bertz CT molecular complexity index is 1490. The molecule has 1 aliphatic heterocycles. The third-order valence-corrected chi connectivity index (χ3v) is 7.54. The number of rotatable bonds is 9. The fourth-order valence-corrected chi connectivity index (χ4v) is 5.42. The summed E-state index contributed by atoms with van der Waals surface area (Å²) in [7, 11) is 3.70. The van der Waals surface area contributed by atoms with Crippen molar-refractivity contribution < 1.29 is 4.74 Å². The van der Waals surface area contributed by atoms with Crippen LogP contribution < -0.4 is 5.32 Å². The number of hydrogen-bond donors (Lipinski definition) is 2. The summed E-state index contributed by atoms with van der Waals surface area (Å²) in [5.74, 6) is 1.61. The van der Waals surface area contributed by atoms with E-state index < -0.39 is 0 Å². The average Bonchev–Trinajstić information content (AvgIpc) is 3.56. The molecule has 0 spiro atoms. The Hall–Kier alpha value is -4.11.